The molecule has 0 saturated carbocycles. The highest BCUT2D eigenvalue weighted by atomic mass is 16.5. The number of nitrogens with zero attached hydrogens (tertiary/aromatic N) is 1. The van der Waals surface area contributed by atoms with Crippen molar-refractivity contribution in [1.29, 1.82) is 0 Å². The highest BCUT2D eigenvalue weighted by molar-refractivity contribution is 6.32. The van der Waals surface area contributed by atoms with Crippen molar-refractivity contribution in [3.8, 4) is 5.75 Å². The molecule has 6 nitrogen and oxygen atoms in total. The number of ketones is 2. The normalized spacial score (nSPS) is 21.0. The Balaban J connectivity index is 1.39. The lowest BCUT2D eigenvalue weighted by molar-refractivity contribution is -0.362. The van der Waals surface area contributed by atoms with Gasteiger partial charge in [0.15, 0.2) is 11.5 Å². The van der Waals surface area contributed by atoms with Crippen LogP contribution in [-0.2, 0) is 0 Å². The smallest absolute Gasteiger partial charge is 0.258 e. The van der Waals surface area contributed by atoms with E-state index in [4.69, 9.17) is 4.74 Å². The fraction of sp³-hybridized carbons (Fsp3) is 0.406. The maximum atomic E-state index is 13.9. The van der Waals surface area contributed by atoms with E-state index in [2.05, 4.69) is 55.1 Å². The summed E-state index contributed by atoms with van der Waals surface area (Å²) in [4.78, 5) is 33.6. The summed E-state index contributed by atoms with van der Waals surface area (Å²) in [5.41, 5.74) is 5.01. The first-order valence-corrected chi connectivity index (χ1v) is 13.8. The quantitative estimate of drug-likeness (QED) is 0.554. The minimum absolute atomic E-state index is 0.00736. The van der Waals surface area contributed by atoms with Crippen molar-refractivity contribution >= 4 is 28.7 Å². The lowest BCUT2D eigenvalue weighted by Gasteiger charge is -2.31. The maximum absolute atomic E-state index is 13.9. The van der Waals surface area contributed by atoms with E-state index in [0.29, 0.717) is 45.9 Å². The van der Waals surface area contributed by atoms with E-state index in [1.165, 1.54) is 18.4 Å². The van der Waals surface area contributed by atoms with Crippen LogP contribution in [0.25, 0.3) is 0 Å². The van der Waals surface area contributed by atoms with Crippen molar-refractivity contribution in [1.82, 2.24) is 4.90 Å². The molecule has 2 aromatic carbocycles. The Morgan fingerprint density at radius 3 is 2.39 bits per heavy atom. The van der Waals surface area contributed by atoms with Gasteiger partial charge >= 0.3 is 0 Å². The topological polar surface area (TPSA) is 72.6 Å². The molecule has 0 aromatic heterocycles. The Labute approximate surface area is 224 Å². The zero-order valence-corrected chi connectivity index (χ0v) is 22.7. The predicted octanol–water partition coefficient (Wildman–Crippen LogP) is 4.06. The van der Waals surface area contributed by atoms with Crippen molar-refractivity contribution in [2.75, 3.05) is 31.5 Å². The summed E-state index contributed by atoms with van der Waals surface area (Å²) < 4.78 is 6.51. The lowest BCUT2D eigenvalue weighted by Crippen LogP contribution is -2.72. The molecule has 38 heavy (non-hydrogen) atoms. The molecule has 1 unspecified atom stereocenters. The molecule has 1 atom stereocenters. The Hall–Kier alpha value is -3.51. The number of fused-ring (bicyclic) bond motifs is 5. The molecule has 196 valence electrons. The number of allylic oxidation sites excluding steroid dienone is 2. The van der Waals surface area contributed by atoms with Crippen molar-refractivity contribution in [2.24, 2.45) is 11.3 Å². The van der Waals surface area contributed by atoms with Gasteiger partial charge in [-0.2, -0.15) is 0 Å². The molecule has 0 amide bonds. The third kappa shape index (κ3) is 4.31. The van der Waals surface area contributed by atoms with Crippen LogP contribution < -0.4 is 15.0 Å². The first-order valence-electron chi connectivity index (χ1n) is 13.8. The van der Waals surface area contributed by atoms with Gasteiger partial charge in [-0.3, -0.25) is 9.59 Å². The molecule has 1 fully saturated rings. The van der Waals surface area contributed by atoms with Gasteiger partial charge in [0.25, 0.3) is 5.69 Å². The number of nitrogens with one attached hydrogen (secondary N) is 2. The van der Waals surface area contributed by atoms with E-state index in [1.807, 2.05) is 18.2 Å². The van der Waals surface area contributed by atoms with E-state index < -0.39 is 0 Å². The van der Waals surface area contributed by atoms with Crippen LogP contribution in [0.15, 0.2) is 54.1 Å². The highest BCUT2D eigenvalue weighted by Crippen LogP contribution is 2.42. The minimum atomic E-state index is -0.273. The summed E-state index contributed by atoms with van der Waals surface area (Å²) in [6.45, 7) is 12.6. The number of anilines is 1. The zero-order chi connectivity index (χ0) is 26.6. The third-order valence-electron chi connectivity index (χ3n) is 8.25. The van der Waals surface area contributed by atoms with Gasteiger partial charge in [-0.1, -0.05) is 58.0 Å². The molecule has 2 aliphatic heterocycles. The highest BCUT2D eigenvalue weighted by Gasteiger charge is 2.41. The Kier molecular flexibility index (Phi) is 6.10. The van der Waals surface area contributed by atoms with Crippen LogP contribution in [0.3, 0.4) is 0 Å². The second-order valence-corrected chi connectivity index (χ2v) is 12.0. The summed E-state index contributed by atoms with van der Waals surface area (Å²) in [5, 5.41) is 3.51. The molecule has 0 spiro atoms. The number of benzene rings is 2. The fourth-order valence-corrected chi connectivity index (χ4v) is 5.83. The second kappa shape index (κ2) is 9.35. The molecule has 2 aromatic rings. The number of hydrogen-bond acceptors (Lipinski definition) is 5. The largest absolute Gasteiger partial charge is 0.468 e. The number of rotatable bonds is 4. The number of piperidine rings is 1. The van der Waals surface area contributed by atoms with Gasteiger partial charge in [0.2, 0.25) is 17.6 Å². The SMILES string of the molecule is CC1CCN(CCNc2cc3c(c4c2C(=O)c2ccccc2C4=O)[NH+]=C2C=CC(C(C)(C)C)=CC2O3)CC1. The fourth-order valence-electron chi connectivity index (χ4n) is 5.83. The van der Waals surface area contributed by atoms with Gasteiger partial charge in [-0.25, -0.2) is 4.99 Å². The van der Waals surface area contributed by atoms with Gasteiger partial charge in [-0.05, 0) is 48.9 Å². The summed E-state index contributed by atoms with van der Waals surface area (Å²) in [6, 6.07) is 9.00. The summed E-state index contributed by atoms with van der Waals surface area (Å²) in [6.07, 6.45) is 8.42. The first kappa shape index (κ1) is 24.8. The van der Waals surface area contributed by atoms with Crippen molar-refractivity contribution < 1.29 is 19.3 Å². The molecule has 2 aliphatic carbocycles. The molecular weight excluding hydrogens is 474 g/mol. The molecular formula is C32H36N3O3+. The van der Waals surface area contributed by atoms with E-state index >= 15 is 0 Å². The number of carbonyl (C=O) groups is 2. The van der Waals surface area contributed by atoms with Crippen LogP contribution in [-0.4, -0.2) is 54.5 Å². The van der Waals surface area contributed by atoms with E-state index in [9.17, 15) is 9.59 Å². The number of likely N-dealkylation sites (tertiary alicyclic amines) is 1. The third-order valence-corrected chi connectivity index (χ3v) is 8.25. The van der Waals surface area contributed by atoms with Crippen LogP contribution in [0, 0.1) is 11.3 Å². The van der Waals surface area contributed by atoms with Crippen molar-refractivity contribution in [2.45, 2.75) is 46.6 Å². The monoisotopic (exact) mass is 510 g/mol. The average Bonchev–Trinajstić information content (AvgIpc) is 2.90. The predicted molar refractivity (Wildman–Crippen MR) is 150 cm³/mol. The summed E-state index contributed by atoms with van der Waals surface area (Å²) >= 11 is 0. The molecule has 0 radical (unpaired) electrons. The van der Waals surface area contributed by atoms with Crippen LogP contribution in [0.1, 0.15) is 72.4 Å². The molecule has 1 saturated heterocycles. The van der Waals surface area contributed by atoms with Crippen LogP contribution in [0.4, 0.5) is 11.4 Å². The van der Waals surface area contributed by atoms with Crippen LogP contribution in [0.5, 0.6) is 5.75 Å². The van der Waals surface area contributed by atoms with Gasteiger partial charge in [0, 0.05) is 36.4 Å². The summed E-state index contributed by atoms with van der Waals surface area (Å²) in [5.74, 6) is 1.09. The molecule has 0 bridgehead atoms. The lowest BCUT2D eigenvalue weighted by atomic mass is 9.81. The second-order valence-electron chi connectivity index (χ2n) is 12.0. The van der Waals surface area contributed by atoms with E-state index in [0.717, 1.165) is 31.3 Å². The number of carbonyl (C=O) groups excluding carboxylic acids is 2. The molecule has 2 N–H and O–H groups in total. The zero-order valence-electron chi connectivity index (χ0n) is 22.7. The Morgan fingerprint density at radius 2 is 1.71 bits per heavy atom. The minimum Gasteiger partial charge on any atom is -0.468 e. The standard InChI is InChI=1S/C32H35N3O3/c1-19-11-14-35(15-12-19)16-13-33-24-18-26-29(34-23-10-9-20(32(2,3)4)17-25(23)38-26)28-27(24)30(36)21-7-5-6-8-22(21)31(28)37/h5-10,17-19,25,33H,11-16H2,1-4H3/p+1. The van der Waals surface area contributed by atoms with Crippen molar-refractivity contribution in [3.05, 3.63) is 76.4 Å². The Morgan fingerprint density at radius 1 is 1.03 bits per heavy atom. The van der Waals surface area contributed by atoms with E-state index in [1.54, 1.807) is 18.2 Å². The van der Waals surface area contributed by atoms with Crippen molar-refractivity contribution in [3.63, 3.8) is 0 Å². The Bertz CT molecular complexity index is 1420. The van der Waals surface area contributed by atoms with Gasteiger partial charge < -0.3 is 15.0 Å². The summed E-state index contributed by atoms with van der Waals surface area (Å²) in [7, 11) is 0. The molecule has 2 heterocycles. The molecule has 6 heteroatoms. The van der Waals surface area contributed by atoms with Gasteiger partial charge in [0.1, 0.15) is 5.56 Å². The average molecular weight is 511 g/mol. The van der Waals surface area contributed by atoms with Gasteiger partial charge in [-0.15, -0.1) is 0 Å². The van der Waals surface area contributed by atoms with Gasteiger partial charge in [0.05, 0.1) is 11.3 Å². The van der Waals surface area contributed by atoms with E-state index in [-0.39, 0.29) is 23.1 Å². The maximum Gasteiger partial charge on any atom is 0.258 e. The number of hydrogen-bond donors (Lipinski definition) is 2. The van der Waals surface area contributed by atoms with Crippen LogP contribution >= 0.6 is 0 Å². The first-order chi connectivity index (χ1) is 18.2. The number of ether oxygens (including phenoxy) is 1. The molecule has 6 rings (SSSR count). The molecule has 4 aliphatic rings. The van der Waals surface area contributed by atoms with Crippen LogP contribution in [0.2, 0.25) is 0 Å².